The van der Waals surface area contributed by atoms with E-state index in [4.69, 9.17) is 15.2 Å². The van der Waals surface area contributed by atoms with Crippen molar-refractivity contribution < 1.29 is 19.1 Å². The Balaban J connectivity index is 0.00000264. The van der Waals surface area contributed by atoms with Gasteiger partial charge in [-0.05, 0) is 31.7 Å². The normalized spacial score (nSPS) is 16.3. The summed E-state index contributed by atoms with van der Waals surface area (Å²) in [6.07, 6.45) is 3.25. The van der Waals surface area contributed by atoms with Crippen LogP contribution in [0, 0.1) is 5.92 Å². The predicted octanol–water partition coefficient (Wildman–Crippen LogP) is 1.32. The summed E-state index contributed by atoms with van der Waals surface area (Å²) in [7, 11) is 1.72. The summed E-state index contributed by atoms with van der Waals surface area (Å²) >= 11 is 0. The van der Waals surface area contributed by atoms with E-state index in [2.05, 4.69) is 5.32 Å². The first-order chi connectivity index (χ1) is 10.5. The lowest BCUT2D eigenvalue weighted by Gasteiger charge is -2.26. The second kappa shape index (κ2) is 8.90. The smallest absolute Gasteiger partial charge is 0.355 e. The molecule has 0 aliphatic carbocycles. The number of hydrogen-bond donors (Lipinski definition) is 2. The number of hydrogen-bond acceptors (Lipinski definition) is 5. The van der Waals surface area contributed by atoms with Crippen LogP contribution in [-0.2, 0) is 21.3 Å². The van der Waals surface area contributed by atoms with Crippen molar-refractivity contribution >= 4 is 30.0 Å². The van der Waals surface area contributed by atoms with Crippen LogP contribution in [0.4, 0.5) is 5.69 Å². The van der Waals surface area contributed by atoms with E-state index in [0.717, 1.165) is 12.8 Å². The third kappa shape index (κ3) is 4.95. The van der Waals surface area contributed by atoms with E-state index in [1.807, 2.05) is 0 Å². The highest BCUT2D eigenvalue weighted by atomic mass is 35.5. The zero-order chi connectivity index (χ0) is 16.1. The molecule has 1 aromatic heterocycles. The van der Waals surface area contributed by atoms with Gasteiger partial charge in [0.05, 0.1) is 18.3 Å². The molecule has 0 radical (unpaired) electrons. The summed E-state index contributed by atoms with van der Waals surface area (Å²) < 4.78 is 11.9. The molecule has 0 bridgehead atoms. The van der Waals surface area contributed by atoms with Crippen LogP contribution in [-0.4, -0.2) is 42.3 Å². The molecule has 1 aliphatic heterocycles. The maximum absolute atomic E-state index is 12.2. The minimum absolute atomic E-state index is 0. The second-order valence-electron chi connectivity index (χ2n) is 5.41. The molecule has 0 saturated carbocycles. The van der Waals surface area contributed by atoms with Gasteiger partial charge in [0.1, 0.15) is 5.69 Å². The van der Waals surface area contributed by atoms with Gasteiger partial charge in [0, 0.05) is 26.5 Å². The Morgan fingerprint density at radius 2 is 2.13 bits per heavy atom. The number of nitrogens with two attached hydrogens (primary N) is 1. The third-order valence-electron chi connectivity index (χ3n) is 3.83. The number of anilines is 1. The van der Waals surface area contributed by atoms with Crippen molar-refractivity contribution in [3.8, 4) is 0 Å². The van der Waals surface area contributed by atoms with Gasteiger partial charge in [0.15, 0.2) is 0 Å². The molecule has 8 heteroatoms. The first-order valence-corrected chi connectivity index (χ1v) is 7.50. The van der Waals surface area contributed by atoms with Crippen molar-refractivity contribution in [3.63, 3.8) is 0 Å². The van der Waals surface area contributed by atoms with Gasteiger partial charge in [-0.3, -0.25) is 4.79 Å². The highest BCUT2D eigenvalue weighted by Crippen LogP contribution is 2.20. The van der Waals surface area contributed by atoms with Gasteiger partial charge in [0.25, 0.3) is 0 Å². The maximum Gasteiger partial charge on any atom is 0.355 e. The van der Waals surface area contributed by atoms with Crippen LogP contribution in [0.25, 0.3) is 0 Å². The molecule has 2 rings (SSSR count). The van der Waals surface area contributed by atoms with Crippen LogP contribution in [0.5, 0.6) is 0 Å². The lowest BCUT2D eigenvalue weighted by molar-refractivity contribution is -0.119. The van der Waals surface area contributed by atoms with Crippen molar-refractivity contribution in [1.29, 1.82) is 0 Å². The van der Waals surface area contributed by atoms with E-state index in [1.165, 1.54) is 0 Å². The van der Waals surface area contributed by atoms with E-state index in [-0.39, 0.29) is 24.2 Å². The Bertz CT molecular complexity index is 541. The maximum atomic E-state index is 12.2. The quantitative estimate of drug-likeness (QED) is 0.784. The lowest BCUT2D eigenvalue weighted by atomic mass is 9.92. The van der Waals surface area contributed by atoms with Crippen molar-refractivity contribution in [1.82, 2.24) is 4.57 Å². The zero-order valence-corrected chi connectivity index (χ0v) is 14.2. The van der Waals surface area contributed by atoms with Gasteiger partial charge in [-0.15, -0.1) is 12.4 Å². The summed E-state index contributed by atoms with van der Waals surface area (Å²) in [5.74, 6) is -0.533. The predicted molar refractivity (Wildman–Crippen MR) is 88.8 cm³/mol. The number of ether oxygens (including phenoxy) is 2. The number of nitrogens with zero attached hydrogens (tertiary/aromatic N) is 1. The van der Waals surface area contributed by atoms with Gasteiger partial charge in [-0.2, -0.15) is 0 Å². The number of nitrogens with one attached hydrogen (secondary N) is 1. The van der Waals surface area contributed by atoms with Gasteiger partial charge in [-0.1, -0.05) is 0 Å². The number of carbonyl (C=O) groups excluding carboxylic acids is 2. The fourth-order valence-corrected chi connectivity index (χ4v) is 2.56. The highest BCUT2D eigenvalue weighted by molar-refractivity contribution is 5.96. The number of carbonyl (C=O) groups is 2. The number of aromatic nitrogens is 1. The number of amides is 1. The molecule has 1 saturated heterocycles. The first kappa shape index (κ1) is 19.5. The molecule has 1 unspecified atom stereocenters. The Morgan fingerprint density at radius 1 is 1.48 bits per heavy atom. The van der Waals surface area contributed by atoms with Crippen molar-refractivity contribution in [2.24, 2.45) is 18.7 Å². The molecule has 0 aromatic carbocycles. The molecule has 3 N–H and O–H groups in total. The Labute approximate surface area is 141 Å². The van der Waals surface area contributed by atoms with E-state index < -0.39 is 12.0 Å². The fourth-order valence-electron chi connectivity index (χ4n) is 2.56. The molecule has 7 nitrogen and oxygen atoms in total. The van der Waals surface area contributed by atoms with Crippen LogP contribution in [0.1, 0.15) is 30.3 Å². The lowest BCUT2D eigenvalue weighted by Crippen LogP contribution is -2.43. The summed E-state index contributed by atoms with van der Waals surface area (Å²) in [6.45, 7) is 3.34. The number of rotatable bonds is 5. The van der Waals surface area contributed by atoms with E-state index in [9.17, 15) is 9.59 Å². The molecular formula is C15H24ClN3O4. The molecule has 0 spiro atoms. The van der Waals surface area contributed by atoms with E-state index in [0.29, 0.717) is 31.2 Å². The Kier molecular flexibility index (Phi) is 7.54. The average molecular weight is 346 g/mol. The third-order valence-corrected chi connectivity index (χ3v) is 3.83. The number of esters is 1. The van der Waals surface area contributed by atoms with Crippen LogP contribution in [0.2, 0.25) is 0 Å². The Morgan fingerprint density at radius 3 is 2.74 bits per heavy atom. The molecular weight excluding hydrogens is 322 g/mol. The molecule has 1 fully saturated rings. The summed E-state index contributed by atoms with van der Waals surface area (Å²) in [5.41, 5.74) is 6.95. The van der Waals surface area contributed by atoms with Gasteiger partial charge < -0.3 is 25.1 Å². The fraction of sp³-hybridized carbons (Fsp3) is 0.600. The van der Waals surface area contributed by atoms with Crippen molar-refractivity contribution in [2.75, 3.05) is 25.1 Å². The van der Waals surface area contributed by atoms with Crippen molar-refractivity contribution in [3.05, 3.63) is 18.0 Å². The van der Waals surface area contributed by atoms with Crippen LogP contribution in [0.15, 0.2) is 12.3 Å². The molecule has 2 heterocycles. The molecule has 1 aromatic rings. The summed E-state index contributed by atoms with van der Waals surface area (Å²) in [4.78, 5) is 24.0. The van der Waals surface area contributed by atoms with Crippen molar-refractivity contribution in [2.45, 2.75) is 25.8 Å². The van der Waals surface area contributed by atoms with Gasteiger partial charge >= 0.3 is 5.97 Å². The number of aryl methyl sites for hydroxylation is 1. The summed E-state index contributed by atoms with van der Waals surface area (Å²) in [5, 5.41) is 2.76. The van der Waals surface area contributed by atoms with Gasteiger partial charge in [0.2, 0.25) is 5.91 Å². The molecule has 1 aliphatic rings. The van der Waals surface area contributed by atoms with Crippen LogP contribution >= 0.6 is 12.4 Å². The topological polar surface area (TPSA) is 95.6 Å². The standard InChI is InChI=1S/C15H23N3O4.ClH/c1-3-22-15(20)12-8-11(9-18(12)2)17-14(19)13(16)10-4-6-21-7-5-10;/h8-10,13H,3-7,16H2,1-2H3,(H,17,19);1H. The van der Waals surface area contributed by atoms with Gasteiger partial charge in [-0.25, -0.2) is 4.79 Å². The number of halogens is 1. The Hall–Kier alpha value is -1.57. The molecule has 130 valence electrons. The monoisotopic (exact) mass is 345 g/mol. The van der Waals surface area contributed by atoms with E-state index in [1.54, 1.807) is 30.8 Å². The second-order valence-corrected chi connectivity index (χ2v) is 5.41. The largest absolute Gasteiger partial charge is 0.461 e. The zero-order valence-electron chi connectivity index (χ0n) is 13.4. The van der Waals surface area contributed by atoms with E-state index >= 15 is 0 Å². The minimum Gasteiger partial charge on any atom is -0.461 e. The highest BCUT2D eigenvalue weighted by Gasteiger charge is 2.27. The molecule has 1 amide bonds. The molecule has 23 heavy (non-hydrogen) atoms. The molecule has 1 atom stereocenters. The first-order valence-electron chi connectivity index (χ1n) is 7.50. The SMILES string of the molecule is CCOC(=O)c1cc(NC(=O)C(N)C2CCOCC2)cn1C.Cl. The van der Waals surface area contributed by atoms with Crippen LogP contribution in [0.3, 0.4) is 0 Å². The summed E-state index contributed by atoms with van der Waals surface area (Å²) in [6, 6.07) is 1.02. The minimum atomic E-state index is -0.574. The average Bonchev–Trinajstić information content (AvgIpc) is 2.88. The van der Waals surface area contributed by atoms with Crippen LogP contribution < -0.4 is 11.1 Å².